The molecule has 0 bridgehead atoms. The molecule has 10 heteroatoms. The van der Waals surface area contributed by atoms with Crippen molar-refractivity contribution in [2.45, 2.75) is 27.3 Å². The Morgan fingerprint density at radius 2 is 2.03 bits per heavy atom. The number of aromatic nitrogens is 3. The molecule has 1 aliphatic heterocycles. The molecule has 3 heterocycles. The van der Waals surface area contributed by atoms with E-state index in [4.69, 9.17) is 21.3 Å². The van der Waals surface area contributed by atoms with Crippen molar-refractivity contribution < 1.29 is 9.53 Å². The molecule has 0 aliphatic carbocycles. The van der Waals surface area contributed by atoms with Gasteiger partial charge < -0.3 is 4.74 Å². The van der Waals surface area contributed by atoms with Crippen molar-refractivity contribution in [3.8, 4) is 0 Å². The zero-order valence-corrected chi connectivity index (χ0v) is 20.3. The molecule has 0 N–H and O–H groups in total. The third-order valence-corrected chi connectivity index (χ3v) is 6.94. The Bertz CT molecular complexity index is 1020. The Hall–Kier alpha value is -1.71. The van der Waals surface area contributed by atoms with Crippen LogP contribution in [0.5, 0.6) is 0 Å². The first-order valence-electron chi connectivity index (χ1n) is 10.2. The van der Waals surface area contributed by atoms with Gasteiger partial charge in [-0.25, -0.2) is 4.98 Å². The second-order valence-corrected chi connectivity index (χ2v) is 8.82. The quantitative estimate of drug-likeness (QED) is 0.525. The zero-order chi connectivity index (χ0) is 21.3. The smallest absolute Gasteiger partial charge is 0.280 e. The summed E-state index contributed by atoms with van der Waals surface area (Å²) in [6.07, 6.45) is 0. The highest BCUT2D eigenvalue weighted by atomic mass is 35.5. The van der Waals surface area contributed by atoms with E-state index in [0.717, 1.165) is 60.9 Å². The molecule has 168 valence electrons. The molecule has 1 saturated heterocycles. The van der Waals surface area contributed by atoms with E-state index in [-0.39, 0.29) is 18.3 Å². The highest BCUT2D eigenvalue weighted by Crippen LogP contribution is 2.36. The predicted octanol–water partition coefficient (Wildman–Crippen LogP) is 4.18. The fraction of sp³-hybridized carbons (Fsp3) is 0.476. The molecule has 1 aliphatic rings. The first-order chi connectivity index (χ1) is 14.5. The molecular weight excluding hydrogens is 457 g/mol. The van der Waals surface area contributed by atoms with E-state index in [2.05, 4.69) is 10.00 Å². The fourth-order valence-corrected chi connectivity index (χ4v) is 4.97. The molecular formula is C21H27Cl2N5O2S. The molecule has 0 spiro atoms. The average Bonchev–Trinajstić information content (AvgIpc) is 3.36. The number of benzene rings is 1. The van der Waals surface area contributed by atoms with Crippen LogP contribution in [0.25, 0.3) is 10.2 Å². The summed E-state index contributed by atoms with van der Waals surface area (Å²) >= 11 is 7.87. The van der Waals surface area contributed by atoms with Crippen molar-refractivity contribution in [3.63, 3.8) is 0 Å². The van der Waals surface area contributed by atoms with E-state index in [1.165, 1.54) is 11.3 Å². The van der Waals surface area contributed by atoms with E-state index >= 15 is 0 Å². The molecule has 4 rings (SSSR count). The standard InChI is InChI=1S/C21H26ClN5O2S.ClH/c1-4-27-15(3)13-17(24-27)20(28)26(8-7-25-9-11-29-12-10-25)21-23-18-14(2)5-6-16(22)19(18)30-21;/h5-6,13H,4,7-12H2,1-3H3;1H. The van der Waals surface area contributed by atoms with Gasteiger partial charge in [-0.3, -0.25) is 19.3 Å². The number of morpholine rings is 1. The summed E-state index contributed by atoms with van der Waals surface area (Å²) in [7, 11) is 0. The van der Waals surface area contributed by atoms with Gasteiger partial charge in [-0.05, 0) is 38.5 Å². The first kappa shape index (κ1) is 23.9. The number of anilines is 1. The summed E-state index contributed by atoms with van der Waals surface area (Å²) in [5.74, 6) is -0.133. The fourth-order valence-electron chi connectivity index (χ4n) is 3.63. The second-order valence-electron chi connectivity index (χ2n) is 7.44. The monoisotopic (exact) mass is 483 g/mol. The number of rotatable bonds is 6. The number of halogens is 2. The van der Waals surface area contributed by atoms with Crippen molar-refractivity contribution in [2.24, 2.45) is 0 Å². The van der Waals surface area contributed by atoms with Gasteiger partial charge in [-0.1, -0.05) is 29.0 Å². The molecule has 2 aromatic heterocycles. The van der Waals surface area contributed by atoms with E-state index in [1.807, 2.05) is 43.7 Å². The normalized spacial score (nSPS) is 14.6. The molecule has 7 nitrogen and oxygen atoms in total. The molecule has 1 aromatic carbocycles. The molecule has 0 atom stereocenters. The minimum absolute atomic E-state index is 0. The van der Waals surface area contributed by atoms with Crippen molar-refractivity contribution in [1.29, 1.82) is 0 Å². The first-order valence-corrected chi connectivity index (χ1v) is 11.4. The van der Waals surface area contributed by atoms with Crippen molar-refractivity contribution in [1.82, 2.24) is 19.7 Å². The van der Waals surface area contributed by atoms with Gasteiger partial charge in [-0.15, -0.1) is 12.4 Å². The minimum Gasteiger partial charge on any atom is -0.379 e. The number of thiazole rings is 1. The van der Waals surface area contributed by atoms with Gasteiger partial charge in [-0.2, -0.15) is 5.10 Å². The topological polar surface area (TPSA) is 63.5 Å². The van der Waals surface area contributed by atoms with E-state index < -0.39 is 0 Å². The lowest BCUT2D eigenvalue weighted by Crippen LogP contribution is -2.43. The Balaban J connectivity index is 0.00000272. The molecule has 31 heavy (non-hydrogen) atoms. The Labute approximate surface area is 197 Å². The summed E-state index contributed by atoms with van der Waals surface area (Å²) < 4.78 is 8.19. The lowest BCUT2D eigenvalue weighted by Gasteiger charge is -2.29. The van der Waals surface area contributed by atoms with Crippen LogP contribution in [0.1, 0.15) is 28.7 Å². The van der Waals surface area contributed by atoms with Gasteiger partial charge in [0, 0.05) is 38.4 Å². The van der Waals surface area contributed by atoms with Crippen LogP contribution >= 0.6 is 35.3 Å². The maximum absolute atomic E-state index is 13.5. The maximum Gasteiger partial charge on any atom is 0.280 e. The summed E-state index contributed by atoms with van der Waals surface area (Å²) in [6.45, 7) is 11.2. The molecule has 3 aromatic rings. The summed E-state index contributed by atoms with van der Waals surface area (Å²) in [4.78, 5) is 22.3. The molecule has 1 fully saturated rings. The number of hydrogen-bond donors (Lipinski definition) is 0. The number of ether oxygens (including phenoxy) is 1. The van der Waals surface area contributed by atoms with E-state index in [1.54, 1.807) is 4.90 Å². The van der Waals surface area contributed by atoms with Crippen molar-refractivity contribution >= 4 is 56.6 Å². The van der Waals surface area contributed by atoms with Crippen LogP contribution in [0.4, 0.5) is 5.13 Å². The van der Waals surface area contributed by atoms with Gasteiger partial charge in [0.25, 0.3) is 5.91 Å². The van der Waals surface area contributed by atoms with Gasteiger partial charge in [0.2, 0.25) is 0 Å². The second kappa shape index (κ2) is 10.3. The number of carbonyl (C=O) groups excluding carboxylic acids is 1. The van der Waals surface area contributed by atoms with Crippen molar-refractivity contribution in [2.75, 3.05) is 44.3 Å². The van der Waals surface area contributed by atoms with Crippen LogP contribution in [-0.4, -0.2) is 65.0 Å². The SMILES string of the molecule is CCn1nc(C(=O)N(CCN2CCOCC2)c2nc3c(C)ccc(Cl)c3s2)cc1C.Cl. The zero-order valence-electron chi connectivity index (χ0n) is 17.9. The summed E-state index contributed by atoms with van der Waals surface area (Å²) in [5, 5.41) is 5.82. The van der Waals surface area contributed by atoms with Gasteiger partial charge >= 0.3 is 0 Å². The Kier molecular flexibility index (Phi) is 7.93. The average molecular weight is 484 g/mol. The molecule has 0 saturated carbocycles. The van der Waals surface area contributed by atoms with E-state index in [0.29, 0.717) is 22.4 Å². The summed E-state index contributed by atoms with van der Waals surface area (Å²) in [6, 6.07) is 5.69. The number of aryl methyl sites for hydroxylation is 3. The Morgan fingerprint density at radius 1 is 1.29 bits per heavy atom. The largest absolute Gasteiger partial charge is 0.379 e. The number of nitrogens with zero attached hydrogens (tertiary/aromatic N) is 5. The number of amides is 1. The van der Waals surface area contributed by atoms with Crippen LogP contribution in [-0.2, 0) is 11.3 Å². The highest BCUT2D eigenvalue weighted by molar-refractivity contribution is 7.23. The minimum atomic E-state index is -0.133. The number of fused-ring (bicyclic) bond motifs is 1. The predicted molar refractivity (Wildman–Crippen MR) is 128 cm³/mol. The lowest BCUT2D eigenvalue weighted by molar-refractivity contribution is 0.0391. The van der Waals surface area contributed by atoms with Crippen LogP contribution in [0.15, 0.2) is 18.2 Å². The van der Waals surface area contributed by atoms with Crippen LogP contribution in [0.3, 0.4) is 0 Å². The summed E-state index contributed by atoms with van der Waals surface area (Å²) in [5.41, 5.74) is 3.31. The van der Waals surface area contributed by atoms with Crippen LogP contribution in [0, 0.1) is 13.8 Å². The molecule has 0 unspecified atom stereocenters. The van der Waals surface area contributed by atoms with Crippen LogP contribution < -0.4 is 4.90 Å². The van der Waals surface area contributed by atoms with Gasteiger partial charge in [0.15, 0.2) is 10.8 Å². The number of hydrogen-bond acceptors (Lipinski definition) is 6. The van der Waals surface area contributed by atoms with Crippen molar-refractivity contribution in [3.05, 3.63) is 40.2 Å². The lowest BCUT2D eigenvalue weighted by atomic mass is 10.2. The third kappa shape index (κ3) is 5.04. The molecule has 0 radical (unpaired) electrons. The van der Waals surface area contributed by atoms with Gasteiger partial charge in [0.05, 0.1) is 28.5 Å². The number of carbonyl (C=O) groups is 1. The third-order valence-electron chi connectivity index (χ3n) is 5.41. The highest BCUT2D eigenvalue weighted by Gasteiger charge is 2.26. The van der Waals surface area contributed by atoms with Crippen LogP contribution in [0.2, 0.25) is 5.02 Å². The van der Waals surface area contributed by atoms with Gasteiger partial charge in [0.1, 0.15) is 0 Å². The maximum atomic E-state index is 13.5. The Morgan fingerprint density at radius 3 is 2.68 bits per heavy atom. The molecule has 1 amide bonds. The van der Waals surface area contributed by atoms with E-state index in [9.17, 15) is 4.79 Å².